The number of thioether (sulfide) groups is 1. The third-order valence-corrected chi connectivity index (χ3v) is 4.02. The van der Waals surface area contributed by atoms with Gasteiger partial charge in [0.15, 0.2) is 5.16 Å². The Kier molecular flexibility index (Phi) is 4.11. The molecular weight excluding hydrogens is 254 g/mol. The molecule has 1 saturated heterocycles. The molecule has 0 spiro atoms. The van der Waals surface area contributed by atoms with Gasteiger partial charge in [0.25, 0.3) is 0 Å². The first-order chi connectivity index (χ1) is 8.61. The van der Waals surface area contributed by atoms with E-state index >= 15 is 0 Å². The van der Waals surface area contributed by atoms with Gasteiger partial charge in [0.05, 0.1) is 0 Å². The van der Waals surface area contributed by atoms with Crippen molar-refractivity contribution in [2.75, 3.05) is 0 Å². The fourth-order valence-electron chi connectivity index (χ4n) is 1.85. The minimum atomic E-state index is -0.254. The van der Waals surface area contributed by atoms with Gasteiger partial charge < -0.3 is 4.74 Å². The van der Waals surface area contributed by atoms with Crippen LogP contribution in [0, 0.1) is 0 Å². The molecule has 0 aromatic carbocycles. The van der Waals surface area contributed by atoms with Crippen LogP contribution in [-0.4, -0.2) is 32.1 Å². The van der Waals surface area contributed by atoms with Crippen molar-refractivity contribution in [3.05, 3.63) is 10.5 Å². The summed E-state index contributed by atoms with van der Waals surface area (Å²) in [6.45, 7) is 4.56. The molecule has 1 fully saturated rings. The topological polar surface area (TPSA) is 77.0 Å². The second-order valence-corrected chi connectivity index (χ2v) is 5.58. The molecule has 0 aliphatic carbocycles. The Morgan fingerprint density at radius 2 is 2.33 bits per heavy atom. The normalized spacial score (nSPS) is 23.3. The second kappa shape index (κ2) is 5.60. The summed E-state index contributed by atoms with van der Waals surface area (Å²) in [6, 6.07) is 0. The van der Waals surface area contributed by atoms with Crippen LogP contribution in [0.2, 0.25) is 0 Å². The van der Waals surface area contributed by atoms with Crippen LogP contribution in [0.5, 0.6) is 0 Å². The first-order valence-corrected chi connectivity index (χ1v) is 7.02. The third-order valence-electron chi connectivity index (χ3n) is 2.83. The number of unbranched alkanes of at least 4 members (excludes halogenated alkanes) is 1. The van der Waals surface area contributed by atoms with Gasteiger partial charge in [-0.25, -0.2) is 9.89 Å². The van der Waals surface area contributed by atoms with Crippen LogP contribution in [0.3, 0.4) is 0 Å². The molecular formula is C11H17N3O3S. The molecule has 0 radical (unpaired) electrons. The number of nitrogens with zero attached hydrogens (tertiary/aromatic N) is 2. The molecule has 1 N–H and O–H groups in total. The molecule has 1 aromatic rings. The number of aromatic nitrogens is 3. The number of aromatic amines is 1. The highest BCUT2D eigenvalue weighted by Gasteiger charge is 2.34. The smallest absolute Gasteiger partial charge is 0.343 e. The van der Waals surface area contributed by atoms with Crippen LogP contribution in [0.15, 0.2) is 9.95 Å². The number of carbonyl (C=O) groups is 1. The lowest BCUT2D eigenvalue weighted by Crippen LogP contribution is -2.19. The monoisotopic (exact) mass is 271 g/mol. The molecule has 1 aliphatic heterocycles. The molecule has 0 amide bonds. The molecule has 2 heterocycles. The summed E-state index contributed by atoms with van der Waals surface area (Å²) < 4.78 is 6.68. The highest BCUT2D eigenvalue weighted by molar-refractivity contribution is 8.00. The number of nitrogens with one attached hydrogen (secondary N) is 1. The standard InChI is InChI=1S/C11H17N3O3S/c1-3-4-5-14-10(16)12-13-11(14)18-8-6-7(2)17-9(8)15/h7-8H,3-6H2,1-2H3,(H,12,16)/t7-,8-/m0/s1. The zero-order valence-electron chi connectivity index (χ0n) is 10.5. The SMILES string of the molecule is CCCCn1c(S[C@H]2C[C@H](C)OC2=O)n[nH]c1=O. The quantitative estimate of drug-likeness (QED) is 0.813. The van der Waals surface area contributed by atoms with Gasteiger partial charge in [0.1, 0.15) is 11.4 Å². The van der Waals surface area contributed by atoms with Crippen LogP contribution < -0.4 is 5.69 Å². The molecule has 0 bridgehead atoms. The average Bonchev–Trinajstić information content (AvgIpc) is 2.81. The summed E-state index contributed by atoms with van der Waals surface area (Å²) in [7, 11) is 0. The summed E-state index contributed by atoms with van der Waals surface area (Å²) in [6.07, 6.45) is 2.53. The summed E-state index contributed by atoms with van der Waals surface area (Å²) in [5.41, 5.74) is -0.217. The van der Waals surface area contributed by atoms with Crippen molar-refractivity contribution in [1.82, 2.24) is 14.8 Å². The molecule has 2 atom stereocenters. The molecule has 18 heavy (non-hydrogen) atoms. The van der Waals surface area contributed by atoms with E-state index in [1.54, 1.807) is 4.57 Å². The van der Waals surface area contributed by atoms with Crippen molar-refractivity contribution in [2.24, 2.45) is 0 Å². The zero-order valence-corrected chi connectivity index (χ0v) is 11.3. The van der Waals surface area contributed by atoms with E-state index in [1.807, 2.05) is 6.92 Å². The Morgan fingerprint density at radius 1 is 1.56 bits per heavy atom. The fraction of sp³-hybridized carbons (Fsp3) is 0.727. The second-order valence-electron chi connectivity index (χ2n) is 4.41. The van der Waals surface area contributed by atoms with E-state index in [9.17, 15) is 9.59 Å². The van der Waals surface area contributed by atoms with Crippen molar-refractivity contribution < 1.29 is 9.53 Å². The largest absolute Gasteiger partial charge is 0.462 e. The van der Waals surface area contributed by atoms with Crippen LogP contribution >= 0.6 is 11.8 Å². The van der Waals surface area contributed by atoms with E-state index in [-0.39, 0.29) is 23.0 Å². The average molecular weight is 271 g/mol. The van der Waals surface area contributed by atoms with Gasteiger partial charge in [-0.15, -0.1) is 5.10 Å². The Morgan fingerprint density at radius 3 is 2.94 bits per heavy atom. The van der Waals surface area contributed by atoms with Crippen LogP contribution in [0.1, 0.15) is 33.1 Å². The molecule has 0 unspecified atom stereocenters. The maximum Gasteiger partial charge on any atom is 0.343 e. The predicted octanol–water partition coefficient (Wildman–Crippen LogP) is 1.17. The Labute approximate surface area is 109 Å². The van der Waals surface area contributed by atoms with Gasteiger partial charge in [-0.3, -0.25) is 9.36 Å². The molecule has 1 aliphatic rings. The summed E-state index contributed by atoms with van der Waals surface area (Å²) in [5, 5.41) is 6.72. The number of rotatable bonds is 5. The van der Waals surface area contributed by atoms with Gasteiger partial charge in [-0.05, 0) is 13.3 Å². The lowest BCUT2D eigenvalue weighted by atomic mass is 10.3. The molecule has 6 nitrogen and oxygen atoms in total. The van der Waals surface area contributed by atoms with Crippen LogP contribution in [-0.2, 0) is 16.1 Å². The third kappa shape index (κ3) is 2.77. The zero-order chi connectivity index (χ0) is 13.1. The van der Waals surface area contributed by atoms with Gasteiger partial charge >= 0.3 is 11.7 Å². The first kappa shape index (κ1) is 13.2. The Bertz CT molecular complexity index is 482. The fourth-order valence-corrected chi connectivity index (χ4v) is 3.02. The number of ether oxygens (including phenoxy) is 1. The van der Waals surface area contributed by atoms with E-state index in [0.717, 1.165) is 12.8 Å². The highest BCUT2D eigenvalue weighted by Crippen LogP contribution is 2.30. The molecule has 100 valence electrons. The lowest BCUT2D eigenvalue weighted by Gasteiger charge is -2.06. The minimum Gasteiger partial charge on any atom is -0.462 e. The van der Waals surface area contributed by atoms with Gasteiger partial charge in [0.2, 0.25) is 0 Å². The van der Waals surface area contributed by atoms with E-state index < -0.39 is 0 Å². The van der Waals surface area contributed by atoms with Crippen molar-refractivity contribution >= 4 is 17.7 Å². The Balaban J connectivity index is 2.09. The minimum absolute atomic E-state index is 0.0512. The number of H-pyrrole nitrogens is 1. The number of carbonyl (C=O) groups excluding carboxylic acids is 1. The van der Waals surface area contributed by atoms with E-state index in [1.165, 1.54) is 11.8 Å². The van der Waals surface area contributed by atoms with Gasteiger partial charge in [-0.2, -0.15) is 0 Å². The highest BCUT2D eigenvalue weighted by atomic mass is 32.2. The molecule has 1 aromatic heterocycles. The van der Waals surface area contributed by atoms with Crippen LogP contribution in [0.25, 0.3) is 0 Å². The Hall–Kier alpha value is -1.24. The number of esters is 1. The summed E-state index contributed by atoms with van der Waals surface area (Å²) >= 11 is 1.31. The van der Waals surface area contributed by atoms with E-state index in [0.29, 0.717) is 18.1 Å². The van der Waals surface area contributed by atoms with Crippen molar-refractivity contribution in [3.8, 4) is 0 Å². The molecule has 0 saturated carbocycles. The van der Waals surface area contributed by atoms with Gasteiger partial charge in [0, 0.05) is 13.0 Å². The first-order valence-electron chi connectivity index (χ1n) is 6.14. The maximum atomic E-state index is 11.6. The van der Waals surface area contributed by atoms with Crippen molar-refractivity contribution in [2.45, 2.75) is 56.2 Å². The van der Waals surface area contributed by atoms with Crippen molar-refractivity contribution in [1.29, 1.82) is 0 Å². The van der Waals surface area contributed by atoms with E-state index in [4.69, 9.17) is 4.74 Å². The maximum absolute atomic E-state index is 11.6. The number of hydrogen-bond acceptors (Lipinski definition) is 5. The molecule has 7 heteroatoms. The summed E-state index contributed by atoms with van der Waals surface area (Å²) in [4.78, 5) is 23.1. The number of hydrogen-bond donors (Lipinski definition) is 1. The lowest BCUT2D eigenvalue weighted by molar-refractivity contribution is -0.140. The molecule has 2 rings (SSSR count). The van der Waals surface area contributed by atoms with Crippen molar-refractivity contribution in [3.63, 3.8) is 0 Å². The summed E-state index contributed by atoms with van der Waals surface area (Å²) in [5.74, 6) is -0.218. The van der Waals surface area contributed by atoms with Gasteiger partial charge in [-0.1, -0.05) is 25.1 Å². The predicted molar refractivity (Wildman–Crippen MR) is 67.6 cm³/mol. The van der Waals surface area contributed by atoms with E-state index in [2.05, 4.69) is 17.1 Å². The van der Waals surface area contributed by atoms with Crippen LogP contribution in [0.4, 0.5) is 0 Å². The number of cyclic esters (lactones) is 1.